The fourth-order valence-electron chi connectivity index (χ4n) is 2.68. The second kappa shape index (κ2) is 5.98. The zero-order valence-electron chi connectivity index (χ0n) is 11.8. The molecule has 1 amide bonds. The lowest BCUT2D eigenvalue weighted by molar-refractivity contribution is -0.386. The molecule has 1 N–H and O–H groups in total. The lowest BCUT2D eigenvalue weighted by atomic mass is 9.94. The molecular formula is C14H19N3O3. The number of hydrogen-bond donors (Lipinski definition) is 1. The van der Waals surface area contributed by atoms with Crippen LogP contribution in [0.1, 0.15) is 36.1 Å². The highest BCUT2D eigenvalue weighted by atomic mass is 16.6. The van der Waals surface area contributed by atoms with Gasteiger partial charge in [0.2, 0.25) is 5.91 Å². The molecule has 0 saturated carbocycles. The van der Waals surface area contributed by atoms with Gasteiger partial charge in [-0.05, 0) is 26.7 Å². The van der Waals surface area contributed by atoms with Crippen LogP contribution in [0.2, 0.25) is 0 Å². The highest BCUT2D eigenvalue weighted by molar-refractivity contribution is 5.79. The van der Waals surface area contributed by atoms with E-state index in [1.165, 1.54) is 6.20 Å². The Balaban J connectivity index is 2.27. The molecule has 1 aliphatic rings. The van der Waals surface area contributed by atoms with E-state index in [2.05, 4.69) is 10.3 Å². The third-order valence-corrected chi connectivity index (χ3v) is 3.85. The number of carbonyl (C=O) groups is 1. The number of hydrogen-bond acceptors (Lipinski definition) is 4. The summed E-state index contributed by atoms with van der Waals surface area (Å²) in [6.45, 7) is 4.11. The first-order valence-corrected chi connectivity index (χ1v) is 6.88. The van der Waals surface area contributed by atoms with E-state index >= 15 is 0 Å². The van der Waals surface area contributed by atoms with Gasteiger partial charge in [0.05, 0.1) is 10.6 Å². The molecule has 1 fully saturated rings. The van der Waals surface area contributed by atoms with Gasteiger partial charge >= 0.3 is 0 Å². The normalized spacial score (nSPS) is 19.3. The molecule has 0 aromatic carbocycles. The minimum Gasteiger partial charge on any atom is -0.356 e. The molecule has 2 heterocycles. The summed E-state index contributed by atoms with van der Waals surface area (Å²) in [5, 5.41) is 14.0. The Morgan fingerprint density at radius 1 is 1.45 bits per heavy atom. The SMILES string of the molecule is Cc1cnc(CC2CCCCNC2=O)c(C)c1[N+](=O)[O-]. The monoisotopic (exact) mass is 277 g/mol. The van der Waals surface area contributed by atoms with Gasteiger partial charge in [0.1, 0.15) is 0 Å². The van der Waals surface area contributed by atoms with Crippen LogP contribution in [0.5, 0.6) is 0 Å². The van der Waals surface area contributed by atoms with Gasteiger partial charge < -0.3 is 5.32 Å². The second-order valence-corrected chi connectivity index (χ2v) is 5.31. The van der Waals surface area contributed by atoms with Crippen LogP contribution in [0.3, 0.4) is 0 Å². The number of nitro groups is 1. The molecule has 1 aromatic heterocycles. The van der Waals surface area contributed by atoms with Crippen molar-refractivity contribution in [1.29, 1.82) is 0 Å². The minimum absolute atomic E-state index is 0.0342. The van der Waals surface area contributed by atoms with Crippen molar-refractivity contribution >= 4 is 11.6 Å². The Kier molecular flexibility index (Phi) is 4.32. The standard InChI is InChI=1S/C14H19N3O3/c1-9-8-16-12(10(2)13(9)17(19)20)7-11-5-3-4-6-15-14(11)18/h8,11H,3-7H2,1-2H3,(H,15,18). The Morgan fingerprint density at radius 2 is 2.20 bits per heavy atom. The predicted octanol–water partition coefficient (Wildman–Crippen LogP) is 2.07. The van der Waals surface area contributed by atoms with E-state index in [1.807, 2.05) is 0 Å². The fraction of sp³-hybridized carbons (Fsp3) is 0.571. The van der Waals surface area contributed by atoms with Gasteiger partial charge in [0, 0.05) is 36.2 Å². The average molecular weight is 277 g/mol. The van der Waals surface area contributed by atoms with Crippen LogP contribution >= 0.6 is 0 Å². The summed E-state index contributed by atoms with van der Waals surface area (Å²) in [6, 6.07) is 0. The number of rotatable bonds is 3. The molecule has 0 aliphatic carbocycles. The molecule has 20 heavy (non-hydrogen) atoms. The maximum absolute atomic E-state index is 11.9. The van der Waals surface area contributed by atoms with Crippen LogP contribution in [0.15, 0.2) is 6.20 Å². The zero-order chi connectivity index (χ0) is 14.7. The Hall–Kier alpha value is -1.98. The third-order valence-electron chi connectivity index (χ3n) is 3.85. The van der Waals surface area contributed by atoms with Gasteiger partial charge in [-0.25, -0.2) is 0 Å². The van der Waals surface area contributed by atoms with Crippen LogP contribution in [-0.2, 0) is 11.2 Å². The van der Waals surface area contributed by atoms with Crippen LogP contribution in [0.4, 0.5) is 5.69 Å². The molecule has 1 atom stereocenters. The maximum atomic E-state index is 11.9. The van der Waals surface area contributed by atoms with E-state index in [1.54, 1.807) is 13.8 Å². The largest absolute Gasteiger partial charge is 0.356 e. The zero-order valence-corrected chi connectivity index (χ0v) is 11.8. The Morgan fingerprint density at radius 3 is 2.90 bits per heavy atom. The highest BCUT2D eigenvalue weighted by Crippen LogP contribution is 2.27. The summed E-state index contributed by atoms with van der Waals surface area (Å²) in [5.41, 5.74) is 1.90. The molecule has 1 aliphatic heterocycles. The van der Waals surface area contributed by atoms with E-state index in [0.717, 1.165) is 25.8 Å². The van der Waals surface area contributed by atoms with Crippen molar-refractivity contribution in [3.8, 4) is 0 Å². The van der Waals surface area contributed by atoms with E-state index in [9.17, 15) is 14.9 Å². The predicted molar refractivity (Wildman–Crippen MR) is 74.4 cm³/mol. The molecule has 0 spiro atoms. The smallest absolute Gasteiger partial charge is 0.278 e. The topological polar surface area (TPSA) is 85.1 Å². The molecule has 0 bridgehead atoms. The first-order chi connectivity index (χ1) is 9.50. The lowest BCUT2D eigenvalue weighted by Crippen LogP contribution is -2.30. The van der Waals surface area contributed by atoms with Crippen LogP contribution < -0.4 is 5.32 Å². The fourth-order valence-corrected chi connectivity index (χ4v) is 2.68. The van der Waals surface area contributed by atoms with E-state index < -0.39 is 0 Å². The van der Waals surface area contributed by atoms with Crippen molar-refractivity contribution < 1.29 is 9.72 Å². The van der Waals surface area contributed by atoms with Crippen molar-refractivity contribution in [2.24, 2.45) is 5.92 Å². The first-order valence-electron chi connectivity index (χ1n) is 6.88. The summed E-state index contributed by atoms with van der Waals surface area (Å²) in [5.74, 6) is -0.0991. The number of pyridine rings is 1. The van der Waals surface area contributed by atoms with Gasteiger partial charge in [0.25, 0.3) is 5.69 Å². The molecule has 1 unspecified atom stereocenters. The number of aromatic nitrogens is 1. The highest BCUT2D eigenvalue weighted by Gasteiger charge is 2.25. The van der Waals surface area contributed by atoms with Crippen molar-refractivity contribution in [2.45, 2.75) is 39.5 Å². The second-order valence-electron chi connectivity index (χ2n) is 5.31. The molecule has 6 heteroatoms. The van der Waals surface area contributed by atoms with E-state index in [0.29, 0.717) is 23.2 Å². The third kappa shape index (κ3) is 2.95. The molecule has 2 rings (SSSR count). The minimum atomic E-state index is -0.372. The molecule has 6 nitrogen and oxygen atoms in total. The van der Waals surface area contributed by atoms with Crippen LogP contribution in [-0.4, -0.2) is 22.4 Å². The van der Waals surface area contributed by atoms with Crippen molar-refractivity contribution in [3.05, 3.63) is 33.1 Å². The number of amides is 1. The summed E-state index contributed by atoms with van der Waals surface area (Å²) in [6.07, 6.45) is 4.79. The number of aryl methyl sites for hydroxylation is 1. The van der Waals surface area contributed by atoms with Gasteiger partial charge in [-0.2, -0.15) is 0 Å². The average Bonchev–Trinajstić information content (AvgIpc) is 2.58. The lowest BCUT2D eigenvalue weighted by Gasteiger charge is -2.14. The van der Waals surface area contributed by atoms with Gasteiger partial charge in [0.15, 0.2) is 0 Å². The molecule has 108 valence electrons. The van der Waals surface area contributed by atoms with Crippen LogP contribution in [0.25, 0.3) is 0 Å². The molecule has 0 radical (unpaired) electrons. The summed E-state index contributed by atoms with van der Waals surface area (Å²) < 4.78 is 0. The van der Waals surface area contributed by atoms with Crippen LogP contribution in [0, 0.1) is 29.9 Å². The van der Waals surface area contributed by atoms with Gasteiger partial charge in [-0.3, -0.25) is 19.9 Å². The van der Waals surface area contributed by atoms with E-state index in [4.69, 9.17) is 0 Å². The summed E-state index contributed by atoms with van der Waals surface area (Å²) in [7, 11) is 0. The maximum Gasteiger partial charge on any atom is 0.278 e. The Bertz CT molecular complexity index is 543. The van der Waals surface area contributed by atoms with E-state index in [-0.39, 0.29) is 22.4 Å². The van der Waals surface area contributed by atoms with Gasteiger partial charge in [-0.15, -0.1) is 0 Å². The van der Waals surface area contributed by atoms with Crippen molar-refractivity contribution in [3.63, 3.8) is 0 Å². The summed E-state index contributed by atoms with van der Waals surface area (Å²) >= 11 is 0. The first kappa shape index (κ1) is 14.4. The number of carbonyl (C=O) groups excluding carboxylic acids is 1. The molecular weight excluding hydrogens is 258 g/mol. The molecule has 1 saturated heterocycles. The quantitative estimate of drug-likeness (QED) is 0.677. The number of nitrogens with one attached hydrogen (secondary N) is 1. The number of nitrogens with zero attached hydrogens (tertiary/aromatic N) is 2. The summed E-state index contributed by atoms with van der Waals surface area (Å²) in [4.78, 5) is 27.0. The van der Waals surface area contributed by atoms with Gasteiger partial charge in [-0.1, -0.05) is 6.42 Å². The molecule has 1 aromatic rings. The Labute approximate surface area is 117 Å². The van der Waals surface area contributed by atoms with Crippen molar-refractivity contribution in [1.82, 2.24) is 10.3 Å². The van der Waals surface area contributed by atoms with Crippen molar-refractivity contribution in [2.75, 3.05) is 6.54 Å².